The van der Waals surface area contributed by atoms with Gasteiger partial charge in [0, 0.05) is 0 Å². The Labute approximate surface area is 394 Å². The fraction of sp³-hybridized carbons (Fsp3) is 0.596. The second-order valence-electron chi connectivity index (χ2n) is 19.7. The molecule has 1 aliphatic carbocycles. The minimum Gasteiger partial charge on any atom is -0.463 e. The summed E-state index contributed by atoms with van der Waals surface area (Å²) in [6.07, 6.45) is 34.5. The molecule has 8 heteroatoms. The number of carbonyl (C=O) groups excluding carboxylic acids is 1. The van der Waals surface area contributed by atoms with Gasteiger partial charge in [-0.25, -0.2) is 0 Å². The number of allylic oxidation sites excluding steroid dienone is 22. The predicted molar refractivity (Wildman–Crippen MR) is 270 cm³/mol. The summed E-state index contributed by atoms with van der Waals surface area (Å²) in [5.41, 5.74) is 8.47. The van der Waals surface area contributed by atoms with E-state index in [2.05, 4.69) is 147 Å². The molecule has 4 N–H and O–H groups in total. The summed E-state index contributed by atoms with van der Waals surface area (Å²) >= 11 is 0. The average Bonchev–Trinajstić information content (AvgIpc) is 3.23. The predicted octanol–water partition coefficient (Wildman–Crippen LogP) is 12.7. The maximum Gasteiger partial charge on any atom is 0.311 e. The number of carbonyl (C=O) groups is 1. The standard InChI is InChI=1S/C57H88O8/c1-13-15-34-47(49(58)35-16-14-2)54(62)63-40-50-51(59)52(60)53(61)55(64-50)65-57(11,12)39-22-32-44(6)30-20-29-43(5)28-19-26-41(3)24-17-18-25-42(4)27-21-31-45(7)36-37-48-46(8)33-23-38-56(48,9)10/h17-21,24-31,36-37,47,49-53,55,58-61H,13-16,22-23,32-35,38-40H2,1-12H3/b18-17+,26-19+,27-21+,29-20+,37-36+,41-24+,42-25+,43-28+,44-30+,45-31+/t47?,49?,50-,51-,52+,53-,55+/m1/s1. The molecule has 0 spiro atoms. The van der Waals surface area contributed by atoms with Gasteiger partial charge in [0.15, 0.2) is 6.29 Å². The molecule has 2 rings (SSSR count). The minimum absolute atomic E-state index is 0.256. The van der Waals surface area contributed by atoms with Crippen LogP contribution in [0.4, 0.5) is 0 Å². The van der Waals surface area contributed by atoms with Crippen LogP contribution in [0.2, 0.25) is 0 Å². The van der Waals surface area contributed by atoms with Gasteiger partial charge in [-0.15, -0.1) is 0 Å². The van der Waals surface area contributed by atoms with Gasteiger partial charge in [-0.05, 0) is 118 Å². The molecule has 1 heterocycles. The molecule has 1 fully saturated rings. The highest BCUT2D eigenvalue weighted by molar-refractivity contribution is 5.73. The molecule has 65 heavy (non-hydrogen) atoms. The van der Waals surface area contributed by atoms with Crippen LogP contribution in [0.3, 0.4) is 0 Å². The van der Waals surface area contributed by atoms with E-state index in [1.807, 2.05) is 27.7 Å². The lowest BCUT2D eigenvalue weighted by atomic mass is 9.72. The Morgan fingerprint density at radius 1 is 0.769 bits per heavy atom. The van der Waals surface area contributed by atoms with Crippen molar-refractivity contribution in [2.24, 2.45) is 11.3 Å². The maximum atomic E-state index is 13.0. The Kier molecular flexibility index (Phi) is 26.4. The highest BCUT2D eigenvalue weighted by Gasteiger charge is 2.46. The Bertz CT molecular complexity index is 1810. The van der Waals surface area contributed by atoms with E-state index in [1.165, 1.54) is 47.1 Å². The highest BCUT2D eigenvalue weighted by atomic mass is 16.7. The maximum absolute atomic E-state index is 13.0. The molecule has 7 atom stereocenters. The zero-order valence-corrected chi connectivity index (χ0v) is 42.3. The summed E-state index contributed by atoms with van der Waals surface area (Å²) in [4.78, 5) is 13.0. The monoisotopic (exact) mass is 901 g/mol. The number of hydrogen-bond donors (Lipinski definition) is 4. The van der Waals surface area contributed by atoms with Gasteiger partial charge < -0.3 is 34.6 Å². The van der Waals surface area contributed by atoms with Gasteiger partial charge in [0.25, 0.3) is 0 Å². The summed E-state index contributed by atoms with van der Waals surface area (Å²) in [5.74, 6) is -1.23. The first-order valence-electron chi connectivity index (χ1n) is 24.4. The van der Waals surface area contributed by atoms with Crippen molar-refractivity contribution in [3.05, 3.63) is 130 Å². The zero-order valence-electron chi connectivity index (χ0n) is 42.3. The number of rotatable bonds is 26. The molecular weight excluding hydrogens is 813 g/mol. The topological polar surface area (TPSA) is 126 Å². The number of aliphatic hydroxyl groups is 4. The van der Waals surface area contributed by atoms with Gasteiger partial charge >= 0.3 is 5.97 Å². The highest BCUT2D eigenvalue weighted by Crippen LogP contribution is 2.41. The summed E-state index contributed by atoms with van der Waals surface area (Å²) in [6.45, 7) is 25.0. The van der Waals surface area contributed by atoms with E-state index in [0.29, 0.717) is 19.3 Å². The SMILES string of the molecule is CCCCC(O)C(CCCC)C(=O)OC[C@H]1O[C@@H](OC(C)(C)CCC/C(C)=C/C=C/C(C)=C/C=C/C(C)=C/C=C/C=C(C)/C=C/C=C(C)/C=C/C2=C(C)CCCC2(C)C)[C@H](O)[C@@H](O)[C@@H]1O. The van der Waals surface area contributed by atoms with E-state index in [-0.39, 0.29) is 12.0 Å². The van der Waals surface area contributed by atoms with Crippen LogP contribution < -0.4 is 0 Å². The quantitative estimate of drug-likeness (QED) is 0.0500. The summed E-state index contributed by atoms with van der Waals surface area (Å²) in [7, 11) is 0. The molecule has 0 aromatic rings. The van der Waals surface area contributed by atoms with Gasteiger partial charge in [0.2, 0.25) is 0 Å². The lowest BCUT2D eigenvalue weighted by Gasteiger charge is -2.43. The smallest absolute Gasteiger partial charge is 0.311 e. The van der Waals surface area contributed by atoms with Crippen molar-refractivity contribution >= 4 is 5.97 Å². The Morgan fingerprint density at radius 3 is 1.88 bits per heavy atom. The van der Waals surface area contributed by atoms with Crippen LogP contribution in [0.5, 0.6) is 0 Å². The molecule has 1 saturated heterocycles. The molecule has 0 radical (unpaired) electrons. The van der Waals surface area contributed by atoms with Crippen molar-refractivity contribution in [2.75, 3.05) is 6.61 Å². The van der Waals surface area contributed by atoms with E-state index >= 15 is 0 Å². The van der Waals surface area contributed by atoms with Gasteiger partial charge in [0.05, 0.1) is 17.6 Å². The molecule has 364 valence electrons. The molecule has 2 unspecified atom stereocenters. The largest absolute Gasteiger partial charge is 0.463 e. The van der Waals surface area contributed by atoms with E-state index in [1.54, 1.807) is 0 Å². The lowest BCUT2D eigenvalue weighted by Crippen LogP contribution is -2.60. The first-order valence-corrected chi connectivity index (χ1v) is 24.4. The molecule has 8 nitrogen and oxygen atoms in total. The number of unbranched alkanes of at least 4 members (excludes halogenated alkanes) is 2. The lowest BCUT2D eigenvalue weighted by molar-refractivity contribution is -0.324. The molecule has 0 amide bonds. The van der Waals surface area contributed by atoms with Crippen LogP contribution in [0.1, 0.15) is 160 Å². The molecule has 0 bridgehead atoms. The number of aliphatic hydroxyl groups excluding tert-OH is 4. The third-order valence-electron chi connectivity index (χ3n) is 12.4. The summed E-state index contributed by atoms with van der Waals surface area (Å²) in [5, 5.41) is 42.8. The van der Waals surface area contributed by atoms with E-state index in [9.17, 15) is 25.2 Å². The first kappa shape index (κ1) is 57.5. The fourth-order valence-electron chi connectivity index (χ4n) is 8.11. The number of esters is 1. The van der Waals surface area contributed by atoms with Gasteiger partial charge in [0.1, 0.15) is 31.0 Å². The van der Waals surface area contributed by atoms with Crippen molar-refractivity contribution < 1.29 is 39.4 Å². The van der Waals surface area contributed by atoms with Gasteiger partial charge in [-0.3, -0.25) is 4.79 Å². The summed E-state index contributed by atoms with van der Waals surface area (Å²) < 4.78 is 17.6. The first-order chi connectivity index (χ1) is 30.7. The van der Waals surface area contributed by atoms with E-state index in [4.69, 9.17) is 14.2 Å². The van der Waals surface area contributed by atoms with E-state index in [0.717, 1.165) is 49.7 Å². The third-order valence-corrected chi connectivity index (χ3v) is 12.4. The van der Waals surface area contributed by atoms with Crippen LogP contribution >= 0.6 is 0 Å². The minimum atomic E-state index is -1.55. The Morgan fingerprint density at radius 2 is 1.31 bits per heavy atom. The number of ether oxygens (including phenoxy) is 3. The Hall–Kier alpha value is -3.63. The van der Waals surface area contributed by atoms with Crippen molar-refractivity contribution in [3.8, 4) is 0 Å². The zero-order chi connectivity index (χ0) is 48.6. The fourth-order valence-corrected chi connectivity index (χ4v) is 8.11. The van der Waals surface area contributed by atoms with Crippen molar-refractivity contribution in [1.82, 2.24) is 0 Å². The second-order valence-corrected chi connectivity index (χ2v) is 19.7. The average molecular weight is 901 g/mol. The second kappa shape index (κ2) is 29.9. The van der Waals surface area contributed by atoms with Crippen LogP contribution in [0, 0.1) is 11.3 Å². The van der Waals surface area contributed by atoms with Crippen molar-refractivity contribution in [1.29, 1.82) is 0 Å². The van der Waals surface area contributed by atoms with Gasteiger partial charge in [-0.2, -0.15) is 0 Å². The van der Waals surface area contributed by atoms with Crippen LogP contribution in [0.15, 0.2) is 130 Å². The number of hydrogen-bond acceptors (Lipinski definition) is 8. The van der Waals surface area contributed by atoms with Crippen LogP contribution in [0.25, 0.3) is 0 Å². The normalized spacial score (nSPS) is 24.4. The van der Waals surface area contributed by atoms with Crippen LogP contribution in [-0.4, -0.2) is 75.4 Å². The molecule has 1 aliphatic heterocycles. The molecule has 0 aromatic heterocycles. The molecular formula is C57H88O8. The summed E-state index contributed by atoms with van der Waals surface area (Å²) in [6, 6.07) is 0. The van der Waals surface area contributed by atoms with Crippen molar-refractivity contribution in [3.63, 3.8) is 0 Å². The third kappa shape index (κ3) is 22.1. The van der Waals surface area contributed by atoms with Gasteiger partial charge in [-0.1, -0.05) is 178 Å². The molecule has 0 saturated carbocycles. The molecule has 0 aromatic carbocycles. The molecule has 2 aliphatic rings. The van der Waals surface area contributed by atoms with E-state index < -0.39 is 54.3 Å². The van der Waals surface area contributed by atoms with Crippen LogP contribution in [-0.2, 0) is 19.0 Å². The van der Waals surface area contributed by atoms with Crippen molar-refractivity contribution in [2.45, 2.75) is 203 Å². The Balaban J connectivity index is 1.84.